The maximum atomic E-state index is 13.1. The van der Waals surface area contributed by atoms with E-state index in [4.69, 9.17) is 4.42 Å². The predicted molar refractivity (Wildman–Crippen MR) is 137 cm³/mol. The average Bonchev–Trinajstić information content (AvgIpc) is 3.29. The zero-order valence-electron chi connectivity index (χ0n) is 20.1. The van der Waals surface area contributed by atoms with E-state index < -0.39 is 0 Å². The zero-order valence-corrected chi connectivity index (χ0v) is 20.1. The number of carbonyl (C=O) groups is 2. The number of fused-ring (bicyclic) bond motifs is 1. The SMILES string of the molecule is Cc1ccc(NC(=O)CC2CCN(C(=O)c3ccc4oc(-c5ccc(C)cc5)nc4c3)CC2)cc1. The number of benzene rings is 3. The minimum Gasteiger partial charge on any atom is -0.436 e. The van der Waals surface area contributed by atoms with Crippen LogP contribution in [0.25, 0.3) is 22.6 Å². The number of likely N-dealkylation sites (tertiary alicyclic amines) is 1. The van der Waals surface area contributed by atoms with Crippen LogP contribution in [0, 0.1) is 19.8 Å². The molecule has 0 spiro atoms. The van der Waals surface area contributed by atoms with Crippen molar-refractivity contribution in [3.05, 3.63) is 83.4 Å². The van der Waals surface area contributed by atoms with E-state index in [-0.39, 0.29) is 17.7 Å². The van der Waals surface area contributed by atoms with Crippen LogP contribution in [-0.2, 0) is 4.79 Å². The Morgan fingerprint density at radius 3 is 2.29 bits per heavy atom. The second kappa shape index (κ2) is 9.74. The van der Waals surface area contributed by atoms with Crippen LogP contribution in [0.5, 0.6) is 0 Å². The molecule has 178 valence electrons. The Labute approximate surface area is 205 Å². The van der Waals surface area contributed by atoms with Crippen LogP contribution >= 0.6 is 0 Å². The van der Waals surface area contributed by atoms with Crippen LogP contribution < -0.4 is 5.32 Å². The zero-order chi connectivity index (χ0) is 24.4. The van der Waals surface area contributed by atoms with E-state index in [0.717, 1.165) is 29.7 Å². The van der Waals surface area contributed by atoms with Gasteiger partial charge in [0.2, 0.25) is 11.8 Å². The Hall–Kier alpha value is -3.93. The Kier molecular flexibility index (Phi) is 6.36. The van der Waals surface area contributed by atoms with Crippen LogP contribution in [0.2, 0.25) is 0 Å². The molecule has 1 aliphatic rings. The van der Waals surface area contributed by atoms with Gasteiger partial charge in [0, 0.05) is 36.3 Å². The van der Waals surface area contributed by atoms with Crippen molar-refractivity contribution in [3.63, 3.8) is 0 Å². The minimum absolute atomic E-state index is 0.00524. The molecule has 0 bridgehead atoms. The van der Waals surface area contributed by atoms with E-state index in [2.05, 4.69) is 10.3 Å². The molecule has 0 unspecified atom stereocenters. The molecule has 0 radical (unpaired) electrons. The number of aromatic nitrogens is 1. The lowest BCUT2D eigenvalue weighted by Crippen LogP contribution is -2.39. The summed E-state index contributed by atoms with van der Waals surface area (Å²) in [6.45, 7) is 5.35. The van der Waals surface area contributed by atoms with Crippen molar-refractivity contribution < 1.29 is 14.0 Å². The van der Waals surface area contributed by atoms with Gasteiger partial charge in [-0.15, -0.1) is 0 Å². The summed E-state index contributed by atoms with van der Waals surface area (Å²) in [5.41, 5.74) is 6.01. The number of nitrogens with zero attached hydrogens (tertiary/aromatic N) is 2. The van der Waals surface area contributed by atoms with E-state index in [1.165, 1.54) is 5.56 Å². The second-order valence-electron chi connectivity index (χ2n) is 9.42. The fraction of sp³-hybridized carbons (Fsp3) is 0.276. The number of aryl methyl sites for hydroxylation is 2. The van der Waals surface area contributed by atoms with E-state index in [0.29, 0.717) is 42.1 Å². The highest BCUT2D eigenvalue weighted by Crippen LogP contribution is 2.27. The normalized spacial score (nSPS) is 14.3. The van der Waals surface area contributed by atoms with Gasteiger partial charge in [0.15, 0.2) is 5.58 Å². The Balaban J connectivity index is 1.18. The van der Waals surface area contributed by atoms with Crippen molar-refractivity contribution in [3.8, 4) is 11.5 Å². The molecule has 4 aromatic rings. The number of piperidine rings is 1. The van der Waals surface area contributed by atoms with Gasteiger partial charge in [-0.05, 0) is 75.1 Å². The van der Waals surface area contributed by atoms with Crippen molar-refractivity contribution in [2.75, 3.05) is 18.4 Å². The summed E-state index contributed by atoms with van der Waals surface area (Å²) in [4.78, 5) is 32.1. The van der Waals surface area contributed by atoms with Crippen LogP contribution in [0.15, 0.2) is 71.1 Å². The Bertz CT molecular complexity index is 1350. The lowest BCUT2D eigenvalue weighted by molar-refractivity contribution is -0.117. The smallest absolute Gasteiger partial charge is 0.253 e. The molecule has 2 heterocycles. The summed E-state index contributed by atoms with van der Waals surface area (Å²) < 4.78 is 5.90. The summed E-state index contributed by atoms with van der Waals surface area (Å²) in [6.07, 6.45) is 2.11. The number of nitrogens with one attached hydrogen (secondary N) is 1. The van der Waals surface area contributed by atoms with Crippen LogP contribution in [0.3, 0.4) is 0 Å². The fourth-order valence-corrected chi connectivity index (χ4v) is 4.51. The number of hydrogen-bond donors (Lipinski definition) is 1. The quantitative estimate of drug-likeness (QED) is 0.391. The number of carbonyl (C=O) groups excluding carboxylic acids is 2. The number of anilines is 1. The molecular weight excluding hydrogens is 438 g/mol. The molecule has 1 aliphatic heterocycles. The number of oxazole rings is 1. The summed E-state index contributed by atoms with van der Waals surface area (Å²) in [5, 5.41) is 2.97. The molecule has 2 amide bonds. The van der Waals surface area contributed by atoms with Crippen LogP contribution in [-0.4, -0.2) is 34.8 Å². The van der Waals surface area contributed by atoms with Gasteiger partial charge in [-0.25, -0.2) is 4.98 Å². The molecule has 5 rings (SSSR count). The highest BCUT2D eigenvalue weighted by Gasteiger charge is 2.25. The van der Waals surface area contributed by atoms with Crippen molar-refractivity contribution >= 4 is 28.6 Å². The standard InChI is InChI=1S/C29H29N3O3/c1-19-3-7-22(8-4-19)28-31-25-18-23(9-12-26(25)35-28)29(34)32-15-13-21(14-16-32)17-27(33)30-24-10-5-20(2)6-11-24/h3-12,18,21H,13-17H2,1-2H3,(H,30,33). The monoisotopic (exact) mass is 467 g/mol. The molecule has 1 N–H and O–H groups in total. The third-order valence-electron chi connectivity index (χ3n) is 6.64. The molecular formula is C29H29N3O3. The molecule has 0 atom stereocenters. The molecule has 3 aromatic carbocycles. The van der Waals surface area contributed by atoms with Gasteiger partial charge in [0.1, 0.15) is 5.52 Å². The predicted octanol–water partition coefficient (Wildman–Crippen LogP) is 5.99. The van der Waals surface area contributed by atoms with Gasteiger partial charge in [0.05, 0.1) is 0 Å². The average molecular weight is 468 g/mol. The minimum atomic E-state index is -0.00524. The Morgan fingerprint density at radius 1 is 0.943 bits per heavy atom. The van der Waals surface area contributed by atoms with Crippen LogP contribution in [0.1, 0.15) is 40.7 Å². The largest absolute Gasteiger partial charge is 0.436 e. The third kappa shape index (κ3) is 5.27. The second-order valence-corrected chi connectivity index (χ2v) is 9.42. The molecule has 1 saturated heterocycles. The number of hydrogen-bond acceptors (Lipinski definition) is 4. The van der Waals surface area contributed by atoms with Crippen molar-refractivity contribution in [2.45, 2.75) is 33.1 Å². The molecule has 0 aliphatic carbocycles. The fourth-order valence-electron chi connectivity index (χ4n) is 4.51. The lowest BCUT2D eigenvalue weighted by atomic mass is 9.92. The van der Waals surface area contributed by atoms with Crippen LogP contribution in [0.4, 0.5) is 5.69 Å². The van der Waals surface area contributed by atoms with E-state index in [1.54, 1.807) is 12.1 Å². The number of rotatable bonds is 5. The van der Waals surface area contributed by atoms with Gasteiger partial charge >= 0.3 is 0 Å². The molecule has 35 heavy (non-hydrogen) atoms. The maximum Gasteiger partial charge on any atom is 0.253 e. The number of amides is 2. The summed E-state index contributed by atoms with van der Waals surface area (Å²) in [5.74, 6) is 0.850. The van der Waals surface area contributed by atoms with Gasteiger partial charge in [-0.1, -0.05) is 35.4 Å². The molecule has 1 aromatic heterocycles. The molecule has 6 nitrogen and oxygen atoms in total. The Morgan fingerprint density at radius 2 is 1.60 bits per heavy atom. The summed E-state index contributed by atoms with van der Waals surface area (Å²) in [7, 11) is 0. The topological polar surface area (TPSA) is 75.4 Å². The van der Waals surface area contributed by atoms with Gasteiger partial charge < -0.3 is 14.6 Å². The van der Waals surface area contributed by atoms with E-state index in [9.17, 15) is 9.59 Å². The third-order valence-corrected chi connectivity index (χ3v) is 6.64. The van der Waals surface area contributed by atoms with Crippen molar-refractivity contribution in [2.24, 2.45) is 5.92 Å². The first-order valence-electron chi connectivity index (χ1n) is 12.1. The van der Waals surface area contributed by atoms with E-state index in [1.807, 2.05) is 73.3 Å². The first-order valence-corrected chi connectivity index (χ1v) is 12.1. The summed E-state index contributed by atoms with van der Waals surface area (Å²) in [6, 6.07) is 21.2. The van der Waals surface area contributed by atoms with Gasteiger partial charge in [0.25, 0.3) is 5.91 Å². The van der Waals surface area contributed by atoms with Gasteiger partial charge in [-0.3, -0.25) is 9.59 Å². The maximum absolute atomic E-state index is 13.1. The summed E-state index contributed by atoms with van der Waals surface area (Å²) >= 11 is 0. The molecule has 1 fully saturated rings. The van der Waals surface area contributed by atoms with Crippen molar-refractivity contribution in [1.82, 2.24) is 9.88 Å². The highest BCUT2D eigenvalue weighted by molar-refractivity contribution is 5.97. The molecule has 6 heteroatoms. The first-order chi connectivity index (χ1) is 16.9. The first kappa shape index (κ1) is 22.8. The molecule has 0 saturated carbocycles. The van der Waals surface area contributed by atoms with Gasteiger partial charge in [-0.2, -0.15) is 0 Å². The van der Waals surface area contributed by atoms with Crippen molar-refractivity contribution in [1.29, 1.82) is 0 Å². The van der Waals surface area contributed by atoms with E-state index >= 15 is 0 Å². The highest BCUT2D eigenvalue weighted by atomic mass is 16.3. The lowest BCUT2D eigenvalue weighted by Gasteiger charge is -2.31.